The highest BCUT2D eigenvalue weighted by molar-refractivity contribution is 5.76. The highest BCUT2D eigenvalue weighted by atomic mass is 16.2. The van der Waals surface area contributed by atoms with Gasteiger partial charge in [0.1, 0.15) is 0 Å². The SMILES string of the molecule is Cc1cccc(N2CCN(C(=O)CCNC(C)(C)C)CC2)c1C. The summed E-state index contributed by atoms with van der Waals surface area (Å²) in [5, 5.41) is 3.38. The molecule has 1 aliphatic heterocycles. The smallest absolute Gasteiger partial charge is 0.223 e. The van der Waals surface area contributed by atoms with Gasteiger partial charge in [-0.1, -0.05) is 12.1 Å². The van der Waals surface area contributed by atoms with Crippen LogP contribution in [0.15, 0.2) is 18.2 Å². The number of nitrogens with zero attached hydrogens (tertiary/aromatic N) is 2. The fraction of sp³-hybridized carbons (Fsp3) is 0.632. The second-order valence-corrected chi connectivity index (χ2v) is 7.51. The topological polar surface area (TPSA) is 35.6 Å². The third-order valence-electron chi connectivity index (χ3n) is 4.54. The van der Waals surface area contributed by atoms with E-state index in [-0.39, 0.29) is 11.4 Å². The fourth-order valence-electron chi connectivity index (χ4n) is 2.98. The second-order valence-electron chi connectivity index (χ2n) is 7.51. The minimum absolute atomic E-state index is 0.0711. The molecule has 0 saturated carbocycles. The molecular formula is C19H31N3O. The zero-order valence-corrected chi connectivity index (χ0v) is 15.3. The first-order valence-electron chi connectivity index (χ1n) is 8.62. The van der Waals surface area contributed by atoms with Crippen molar-refractivity contribution in [2.24, 2.45) is 0 Å². The van der Waals surface area contributed by atoms with Crippen LogP contribution in [0.3, 0.4) is 0 Å². The van der Waals surface area contributed by atoms with Crippen molar-refractivity contribution < 1.29 is 4.79 Å². The number of carbonyl (C=O) groups excluding carboxylic acids is 1. The summed E-state index contributed by atoms with van der Waals surface area (Å²) in [5.41, 5.74) is 4.06. The number of rotatable bonds is 4. The quantitative estimate of drug-likeness (QED) is 0.927. The Hall–Kier alpha value is -1.55. The number of hydrogen-bond donors (Lipinski definition) is 1. The number of aryl methyl sites for hydroxylation is 1. The molecule has 0 unspecified atom stereocenters. The summed E-state index contributed by atoms with van der Waals surface area (Å²) in [6, 6.07) is 6.46. The van der Waals surface area contributed by atoms with E-state index in [0.29, 0.717) is 6.42 Å². The normalized spacial score (nSPS) is 15.9. The highest BCUT2D eigenvalue weighted by Gasteiger charge is 2.22. The predicted molar refractivity (Wildman–Crippen MR) is 97.1 cm³/mol. The number of piperazine rings is 1. The van der Waals surface area contributed by atoms with E-state index in [2.05, 4.69) is 63.0 Å². The lowest BCUT2D eigenvalue weighted by Crippen LogP contribution is -2.49. The van der Waals surface area contributed by atoms with E-state index in [4.69, 9.17) is 0 Å². The van der Waals surface area contributed by atoms with Gasteiger partial charge in [-0.05, 0) is 51.8 Å². The van der Waals surface area contributed by atoms with Gasteiger partial charge in [0.25, 0.3) is 0 Å². The van der Waals surface area contributed by atoms with Gasteiger partial charge in [-0.3, -0.25) is 4.79 Å². The van der Waals surface area contributed by atoms with E-state index in [1.54, 1.807) is 0 Å². The van der Waals surface area contributed by atoms with Crippen LogP contribution in [0.5, 0.6) is 0 Å². The first-order chi connectivity index (χ1) is 10.8. The van der Waals surface area contributed by atoms with Gasteiger partial charge in [0.15, 0.2) is 0 Å². The number of benzene rings is 1. The lowest BCUT2D eigenvalue weighted by atomic mass is 10.1. The highest BCUT2D eigenvalue weighted by Crippen LogP contribution is 2.23. The molecule has 1 saturated heterocycles. The molecule has 4 nitrogen and oxygen atoms in total. The van der Waals surface area contributed by atoms with E-state index in [1.165, 1.54) is 16.8 Å². The maximum atomic E-state index is 12.3. The molecule has 0 radical (unpaired) electrons. The molecule has 0 aromatic heterocycles. The minimum atomic E-state index is 0.0711. The van der Waals surface area contributed by atoms with Crippen LogP contribution in [-0.2, 0) is 4.79 Å². The third-order valence-corrected chi connectivity index (χ3v) is 4.54. The molecule has 23 heavy (non-hydrogen) atoms. The van der Waals surface area contributed by atoms with Gasteiger partial charge in [-0.15, -0.1) is 0 Å². The van der Waals surface area contributed by atoms with Gasteiger partial charge in [0.05, 0.1) is 0 Å². The number of carbonyl (C=O) groups is 1. The Morgan fingerprint density at radius 3 is 2.39 bits per heavy atom. The molecule has 2 rings (SSSR count). The molecule has 4 heteroatoms. The Kier molecular flexibility index (Phi) is 5.69. The number of amides is 1. The summed E-state index contributed by atoms with van der Waals surface area (Å²) < 4.78 is 0. The van der Waals surface area contributed by atoms with Crippen LogP contribution >= 0.6 is 0 Å². The van der Waals surface area contributed by atoms with E-state index in [9.17, 15) is 4.79 Å². The molecule has 1 aromatic rings. The molecule has 0 spiro atoms. The Morgan fingerprint density at radius 2 is 1.78 bits per heavy atom. The second kappa shape index (κ2) is 7.35. The molecular weight excluding hydrogens is 286 g/mol. The summed E-state index contributed by atoms with van der Waals surface area (Å²) in [6.07, 6.45) is 0.584. The van der Waals surface area contributed by atoms with Crippen molar-refractivity contribution in [3.8, 4) is 0 Å². The molecule has 128 valence electrons. The van der Waals surface area contributed by atoms with Crippen molar-refractivity contribution in [1.29, 1.82) is 0 Å². The van der Waals surface area contributed by atoms with E-state index in [1.807, 2.05) is 4.90 Å². The zero-order chi connectivity index (χ0) is 17.0. The van der Waals surface area contributed by atoms with E-state index in [0.717, 1.165) is 32.7 Å². The molecule has 1 N–H and O–H groups in total. The predicted octanol–water partition coefficient (Wildman–Crippen LogP) is 2.73. The van der Waals surface area contributed by atoms with Crippen LogP contribution in [0, 0.1) is 13.8 Å². The molecule has 0 atom stereocenters. The average Bonchev–Trinajstić information content (AvgIpc) is 2.49. The van der Waals surface area contributed by atoms with E-state index < -0.39 is 0 Å². The summed E-state index contributed by atoms with van der Waals surface area (Å²) in [7, 11) is 0. The van der Waals surface area contributed by atoms with Crippen LogP contribution in [0.25, 0.3) is 0 Å². The first kappa shape index (κ1) is 17.8. The number of nitrogens with one attached hydrogen (secondary N) is 1. The van der Waals surface area contributed by atoms with Crippen molar-refractivity contribution in [3.63, 3.8) is 0 Å². The maximum Gasteiger partial charge on any atom is 0.223 e. The van der Waals surface area contributed by atoms with Crippen LogP contribution in [0.4, 0.5) is 5.69 Å². The van der Waals surface area contributed by atoms with Crippen LogP contribution in [0.1, 0.15) is 38.3 Å². The number of hydrogen-bond acceptors (Lipinski definition) is 3. The molecule has 1 heterocycles. The lowest BCUT2D eigenvalue weighted by molar-refractivity contribution is -0.131. The van der Waals surface area contributed by atoms with Gasteiger partial charge >= 0.3 is 0 Å². The molecule has 1 amide bonds. The zero-order valence-electron chi connectivity index (χ0n) is 15.3. The molecule has 1 aromatic carbocycles. The Morgan fingerprint density at radius 1 is 1.13 bits per heavy atom. The van der Waals surface area contributed by atoms with Crippen LogP contribution in [-0.4, -0.2) is 49.1 Å². The van der Waals surface area contributed by atoms with Crippen LogP contribution in [0.2, 0.25) is 0 Å². The summed E-state index contributed by atoms with van der Waals surface area (Å²) in [4.78, 5) is 16.7. The van der Waals surface area contributed by atoms with E-state index >= 15 is 0 Å². The Labute approximate surface area is 140 Å². The molecule has 0 aliphatic carbocycles. The first-order valence-corrected chi connectivity index (χ1v) is 8.62. The Bertz CT molecular complexity index is 540. The van der Waals surface area contributed by atoms with Gasteiger partial charge in [0, 0.05) is 50.4 Å². The standard InChI is InChI=1S/C19H31N3O/c1-15-7-6-8-17(16(15)2)21-11-13-22(14-12-21)18(23)9-10-20-19(3,4)5/h6-8,20H,9-14H2,1-5H3. The summed E-state index contributed by atoms with van der Waals surface area (Å²) >= 11 is 0. The van der Waals surface area contributed by atoms with Gasteiger partial charge in [-0.25, -0.2) is 0 Å². The van der Waals surface area contributed by atoms with Crippen LogP contribution < -0.4 is 10.2 Å². The largest absolute Gasteiger partial charge is 0.368 e. The molecule has 1 fully saturated rings. The fourth-order valence-corrected chi connectivity index (χ4v) is 2.98. The minimum Gasteiger partial charge on any atom is -0.368 e. The van der Waals surface area contributed by atoms with Crippen molar-refractivity contribution >= 4 is 11.6 Å². The van der Waals surface area contributed by atoms with Crippen molar-refractivity contribution in [1.82, 2.24) is 10.2 Å². The van der Waals surface area contributed by atoms with Gasteiger partial charge in [0.2, 0.25) is 5.91 Å². The monoisotopic (exact) mass is 317 g/mol. The lowest BCUT2D eigenvalue weighted by Gasteiger charge is -2.37. The third kappa shape index (κ3) is 4.96. The molecule has 1 aliphatic rings. The van der Waals surface area contributed by atoms with Crippen molar-refractivity contribution in [2.45, 2.75) is 46.6 Å². The molecule has 0 bridgehead atoms. The van der Waals surface area contributed by atoms with Crippen molar-refractivity contribution in [2.75, 3.05) is 37.6 Å². The number of anilines is 1. The summed E-state index contributed by atoms with van der Waals surface area (Å²) in [5.74, 6) is 0.266. The maximum absolute atomic E-state index is 12.3. The average molecular weight is 317 g/mol. The van der Waals surface area contributed by atoms with Gasteiger partial charge < -0.3 is 15.1 Å². The Balaban J connectivity index is 1.84. The van der Waals surface area contributed by atoms with Gasteiger partial charge in [-0.2, -0.15) is 0 Å². The van der Waals surface area contributed by atoms with Crippen molar-refractivity contribution in [3.05, 3.63) is 29.3 Å². The summed E-state index contributed by atoms with van der Waals surface area (Å²) in [6.45, 7) is 14.9.